The van der Waals surface area contributed by atoms with E-state index in [9.17, 15) is 14.4 Å². The molecule has 0 bridgehead atoms. The first-order valence-corrected chi connectivity index (χ1v) is 10.2. The molecule has 2 aromatic rings. The van der Waals surface area contributed by atoms with Crippen LogP contribution >= 0.6 is 0 Å². The van der Waals surface area contributed by atoms with E-state index in [2.05, 4.69) is 0 Å². The Bertz CT molecular complexity index is 946. The molecule has 3 atom stereocenters. The van der Waals surface area contributed by atoms with Gasteiger partial charge in [-0.1, -0.05) is 48.5 Å². The number of amides is 1. The van der Waals surface area contributed by atoms with Crippen molar-refractivity contribution in [1.29, 1.82) is 0 Å². The molecule has 170 valence electrons. The van der Waals surface area contributed by atoms with Gasteiger partial charge in [0.2, 0.25) is 0 Å². The van der Waals surface area contributed by atoms with Crippen LogP contribution in [0.2, 0.25) is 0 Å². The lowest BCUT2D eigenvalue weighted by Gasteiger charge is -2.25. The Balaban J connectivity index is 1.93. The fraction of sp³-hybridized carbons (Fsp3) is 0.375. The third kappa shape index (κ3) is 5.01. The zero-order valence-electron chi connectivity index (χ0n) is 18.4. The van der Waals surface area contributed by atoms with Crippen LogP contribution in [0.5, 0.6) is 5.75 Å². The first-order chi connectivity index (χ1) is 15.5. The number of esters is 2. The third-order valence-corrected chi connectivity index (χ3v) is 5.70. The molecule has 0 unspecified atom stereocenters. The SMILES string of the molecule is COC(=O)C[C@H]1[C@@H](c2ccccc2OC)CN(C(=O)OCc2ccccc2)[C@@H]1C(=O)OC. The van der Waals surface area contributed by atoms with Crippen LogP contribution in [0.1, 0.15) is 23.5 Å². The largest absolute Gasteiger partial charge is 0.496 e. The van der Waals surface area contributed by atoms with Crippen LogP contribution in [0.4, 0.5) is 4.79 Å². The molecule has 8 heteroatoms. The number of ether oxygens (including phenoxy) is 4. The number of rotatable bonds is 7. The molecule has 1 fully saturated rings. The third-order valence-electron chi connectivity index (χ3n) is 5.70. The number of para-hydroxylation sites is 1. The van der Waals surface area contributed by atoms with Crippen molar-refractivity contribution in [3.63, 3.8) is 0 Å². The lowest BCUT2D eigenvalue weighted by atomic mass is 9.82. The van der Waals surface area contributed by atoms with Crippen molar-refractivity contribution in [2.75, 3.05) is 27.9 Å². The minimum absolute atomic E-state index is 0.0606. The van der Waals surface area contributed by atoms with Crippen LogP contribution in [-0.2, 0) is 30.4 Å². The highest BCUT2D eigenvalue weighted by atomic mass is 16.6. The van der Waals surface area contributed by atoms with Gasteiger partial charge in [0.1, 0.15) is 18.4 Å². The second-order valence-corrected chi connectivity index (χ2v) is 7.45. The zero-order valence-corrected chi connectivity index (χ0v) is 18.4. The monoisotopic (exact) mass is 441 g/mol. The van der Waals surface area contributed by atoms with Crippen molar-refractivity contribution in [3.05, 3.63) is 65.7 Å². The Morgan fingerprint density at radius 1 is 0.938 bits per heavy atom. The van der Waals surface area contributed by atoms with E-state index in [1.165, 1.54) is 19.1 Å². The van der Waals surface area contributed by atoms with Gasteiger partial charge in [0, 0.05) is 18.4 Å². The molecule has 2 aromatic carbocycles. The first kappa shape index (κ1) is 23.1. The van der Waals surface area contributed by atoms with Crippen molar-refractivity contribution in [3.8, 4) is 5.75 Å². The Morgan fingerprint density at radius 2 is 1.62 bits per heavy atom. The highest BCUT2D eigenvalue weighted by molar-refractivity contribution is 5.84. The van der Waals surface area contributed by atoms with Gasteiger partial charge < -0.3 is 18.9 Å². The average Bonchev–Trinajstić information content (AvgIpc) is 3.21. The number of nitrogens with zero attached hydrogens (tertiary/aromatic N) is 1. The highest BCUT2D eigenvalue weighted by Crippen LogP contribution is 2.43. The van der Waals surface area contributed by atoms with Crippen LogP contribution in [0.15, 0.2) is 54.6 Å². The normalized spacial score (nSPS) is 19.8. The lowest BCUT2D eigenvalue weighted by molar-refractivity contribution is -0.148. The summed E-state index contributed by atoms with van der Waals surface area (Å²) in [6.45, 7) is 0.223. The van der Waals surface area contributed by atoms with Crippen LogP contribution in [0.3, 0.4) is 0 Å². The lowest BCUT2D eigenvalue weighted by Crippen LogP contribution is -2.44. The van der Waals surface area contributed by atoms with Gasteiger partial charge in [-0.15, -0.1) is 0 Å². The molecule has 1 saturated heterocycles. The summed E-state index contributed by atoms with van der Waals surface area (Å²) in [4.78, 5) is 39.3. The molecule has 1 amide bonds. The summed E-state index contributed by atoms with van der Waals surface area (Å²) in [5, 5.41) is 0. The van der Waals surface area contributed by atoms with Crippen LogP contribution < -0.4 is 4.74 Å². The molecule has 1 aliphatic heterocycles. The first-order valence-electron chi connectivity index (χ1n) is 10.2. The molecule has 8 nitrogen and oxygen atoms in total. The fourth-order valence-corrected chi connectivity index (χ4v) is 4.16. The maximum atomic E-state index is 13.0. The molecular formula is C24H27NO7. The van der Waals surface area contributed by atoms with Crippen molar-refractivity contribution in [2.45, 2.75) is 25.0 Å². The standard InChI is InChI=1S/C24H27NO7/c1-29-20-12-8-7-11-17(20)19-14-25(24(28)32-15-16-9-5-4-6-10-16)22(23(27)31-3)18(19)13-21(26)30-2/h4-12,18-19,22H,13-15H2,1-3H3/t18-,19+,22-/m0/s1. The quantitative estimate of drug-likeness (QED) is 0.481. The molecule has 0 aromatic heterocycles. The molecule has 0 N–H and O–H groups in total. The Labute approximate surface area is 187 Å². The average molecular weight is 441 g/mol. The molecule has 0 spiro atoms. The number of benzene rings is 2. The van der Waals surface area contributed by atoms with Crippen LogP contribution in [-0.4, -0.2) is 56.8 Å². The van der Waals surface area contributed by atoms with Crippen molar-refractivity contribution < 1.29 is 33.3 Å². The summed E-state index contributed by atoms with van der Waals surface area (Å²) >= 11 is 0. The highest BCUT2D eigenvalue weighted by Gasteiger charge is 2.51. The van der Waals surface area contributed by atoms with E-state index < -0.39 is 30.0 Å². The summed E-state index contributed by atoms with van der Waals surface area (Å²) in [7, 11) is 4.09. The predicted octanol–water partition coefficient (Wildman–Crippen LogP) is 3.15. The van der Waals surface area contributed by atoms with Gasteiger partial charge in [-0.05, 0) is 17.2 Å². The summed E-state index contributed by atoms with van der Waals surface area (Å²) < 4.78 is 20.8. The van der Waals surface area contributed by atoms with Gasteiger partial charge in [0.25, 0.3) is 0 Å². The molecule has 0 aliphatic carbocycles. The maximum Gasteiger partial charge on any atom is 0.410 e. The smallest absolute Gasteiger partial charge is 0.410 e. The predicted molar refractivity (Wildman–Crippen MR) is 115 cm³/mol. The number of carbonyl (C=O) groups excluding carboxylic acids is 3. The number of carbonyl (C=O) groups is 3. The van der Waals surface area contributed by atoms with Crippen LogP contribution in [0, 0.1) is 5.92 Å². The van der Waals surface area contributed by atoms with E-state index in [0.717, 1.165) is 11.1 Å². The molecule has 0 radical (unpaired) electrons. The van der Waals surface area contributed by atoms with Crippen molar-refractivity contribution >= 4 is 18.0 Å². The van der Waals surface area contributed by atoms with E-state index in [1.54, 1.807) is 13.2 Å². The van der Waals surface area contributed by atoms with Gasteiger partial charge in [0.15, 0.2) is 0 Å². The Kier molecular flexibility index (Phi) is 7.70. The van der Waals surface area contributed by atoms with Gasteiger partial charge in [-0.2, -0.15) is 0 Å². The number of hydrogen-bond donors (Lipinski definition) is 0. The second kappa shape index (κ2) is 10.7. The van der Waals surface area contributed by atoms with Crippen LogP contribution in [0.25, 0.3) is 0 Å². The van der Waals surface area contributed by atoms with Crippen molar-refractivity contribution in [2.24, 2.45) is 5.92 Å². The molecular weight excluding hydrogens is 414 g/mol. The number of methoxy groups -OCH3 is 3. The Morgan fingerprint density at radius 3 is 2.28 bits per heavy atom. The molecule has 0 saturated carbocycles. The number of hydrogen-bond acceptors (Lipinski definition) is 7. The summed E-state index contributed by atoms with van der Waals surface area (Å²) in [6, 6.07) is 15.6. The molecule has 1 aliphatic rings. The Hall–Kier alpha value is -3.55. The summed E-state index contributed by atoms with van der Waals surface area (Å²) in [5.41, 5.74) is 1.61. The minimum atomic E-state index is -1.00. The molecule has 1 heterocycles. The van der Waals surface area contributed by atoms with E-state index in [0.29, 0.717) is 5.75 Å². The fourth-order valence-electron chi connectivity index (χ4n) is 4.16. The van der Waals surface area contributed by atoms with Gasteiger partial charge in [0.05, 0.1) is 27.8 Å². The number of likely N-dealkylation sites (tertiary alicyclic amines) is 1. The summed E-state index contributed by atoms with van der Waals surface area (Å²) in [6.07, 6.45) is -0.724. The molecule has 3 rings (SSSR count). The molecule has 32 heavy (non-hydrogen) atoms. The van der Waals surface area contributed by atoms with Gasteiger partial charge in [-0.25, -0.2) is 9.59 Å². The van der Waals surface area contributed by atoms with E-state index in [1.807, 2.05) is 48.5 Å². The van der Waals surface area contributed by atoms with Gasteiger partial charge >= 0.3 is 18.0 Å². The minimum Gasteiger partial charge on any atom is -0.496 e. The van der Waals surface area contributed by atoms with Gasteiger partial charge in [-0.3, -0.25) is 9.69 Å². The van der Waals surface area contributed by atoms with E-state index in [4.69, 9.17) is 18.9 Å². The van der Waals surface area contributed by atoms with Crippen molar-refractivity contribution in [1.82, 2.24) is 4.90 Å². The zero-order chi connectivity index (χ0) is 23.1. The summed E-state index contributed by atoms with van der Waals surface area (Å²) in [5.74, 6) is -1.43. The van der Waals surface area contributed by atoms with E-state index in [-0.39, 0.29) is 25.5 Å². The second-order valence-electron chi connectivity index (χ2n) is 7.45. The van der Waals surface area contributed by atoms with E-state index >= 15 is 0 Å². The topological polar surface area (TPSA) is 91.4 Å². The maximum absolute atomic E-state index is 13.0.